The summed E-state index contributed by atoms with van der Waals surface area (Å²) >= 11 is 5.86. The van der Waals surface area contributed by atoms with Crippen LogP contribution in [0.3, 0.4) is 0 Å². The first-order valence-electron chi connectivity index (χ1n) is 6.80. The molecule has 0 aliphatic carbocycles. The van der Waals surface area contributed by atoms with E-state index in [4.69, 9.17) is 20.9 Å². The van der Waals surface area contributed by atoms with Crippen LogP contribution in [0.2, 0.25) is 5.02 Å². The Morgan fingerprint density at radius 1 is 1.13 bits per heavy atom. The van der Waals surface area contributed by atoms with Gasteiger partial charge < -0.3 is 9.25 Å². The normalized spacial score (nSPS) is 10.5. The summed E-state index contributed by atoms with van der Waals surface area (Å²) in [7, 11) is 0. The fourth-order valence-electron chi connectivity index (χ4n) is 2.12. The fraction of sp³-hybridized carbons (Fsp3) is 0.0588. The number of hydrogen-bond acceptors (Lipinski definition) is 4. The van der Waals surface area contributed by atoms with Gasteiger partial charge in [0.25, 0.3) is 0 Å². The molecule has 1 heterocycles. The fourth-order valence-corrected chi connectivity index (χ4v) is 2.24. The lowest BCUT2D eigenvalue weighted by atomic mass is 10.1. The van der Waals surface area contributed by atoms with Crippen LogP contribution in [-0.2, 0) is 4.79 Å². The lowest BCUT2D eigenvalue weighted by Crippen LogP contribution is -2.23. The Balaban J connectivity index is 2.02. The lowest BCUT2D eigenvalue weighted by Gasteiger charge is -2.06. The van der Waals surface area contributed by atoms with Gasteiger partial charge in [-0.05, 0) is 35.9 Å². The largest absolute Gasteiger partial charge is 0.422 e. The van der Waals surface area contributed by atoms with E-state index < -0.39 is 5.63 Å². The summed E-state index contributed by atoms with van der Waals surface area (Å²) in [6.07, 6.45) is 0. The molecule has 0 aliphatic rings. The maximum absolute atomic E-state index is 12.2. The van der Waals surface area contributed by atoms with Crippen molar-refractivity contribution in [1.82, 2.24) is 5.48 Å². The summed E-state index contributed by atoms with van der Waals surface area (Å²) in [4.78, 5) is 28.1. The second-order valence-corrected chi connectivity index (χ2v) is 5.35. The molecule has 23 heavy (non-hydrogen) atoms. The third-order valence-corrected chi connectivity index (χ3v) is 3.43. The zero-order valence-electron chi connectivity index (χ0n) is 12.1. The van der Waals surface area contributed by atoms with Crippen molar-refractivity contribution in [1.29, 1.82) is 0 Å². The van der Waals surface area contributed by atoms with E-state index in [0.717, 1.165) is 10.9 Å². The van der Waals surface area contributed by atoms with Gasteiger partial charge in [-0.25, -0.2) is 4.79 Å². The SMILES string of the molecule is CC(=O)NOc1ccc2cc(-c3ccc(Cl)cc3)c(=O)oc2c1. The average Bonchev–Trinajstić information content (AvgIpc) is 2.53. The zero-order chi connectivity index (χ0) is 16.4. The number of carbonyl (C=O) groups excluding carboxylic acids is 1. The Bertz CT molecular complexity index is 931. The van der Waals surface area contributed by atoms with E-state index in [1.807, 2.05) is 0 Å². The van der Waals surface area contributed by atoms with Gasteiger partial charge in [-0.3, -0.25) is 4.79 Å². The average molecular weight is 330 g/mol. The quantitative estimate of drug-likeness (QED) is 0.589. The maximum atomic E-state index is 12.2. The Morgan fingerprint density at radius 3 is 2.57 bits per heavy atom. The number of hydroxylamine groups is 1. The molecule has 2 aromatic carbocycles. The molecule has 0 fully saturated rings. The van der Waals surface area contributed by atoms with E-state index in [1.165, 1.54) is 13.0 Å². The van der Waals surface area contributed by atoms with Crippen LogP contribution in [0.15, 0.2) is 57.7 Å². The molecule has 0 saturated heterocycles. The van der Waals surface area contributed by atoms with Crippen LogP contribution in [0.5, 0.6) is 5.75 Å². The number of carbonyl (C=O) groups is 1. The first-order valence-corrected chi connectivity index (χ1v) is 7.18. The van der Waals surface area contributed by atoms with E-state index >= 15 is 0 Å². The van der Waals surface area contributed by atoms with Crippen molar-refractivity contribution in [3.63, 3.8) is 0 Å². The molecule has 0 radical (unpaired) electrons. The highest BCUT2D eigenvalue weighted by atomic mass is 35.5. The van der Waals surface area contributed by atoms with Crippen molar-refractivity contribution >= 4 is 28.5 Å². The van der Waals surface area contributed by atoms with Gasteiger partial charge in [0.1, 0.15) is 5.58 Å². The molecule has 0 atom stereocenters. The monoisotopic (exact) mass is 329 g/mol. The summed E-state index contributed by atoms with van der Waals surface area (Å²) in [6.45, 7) is 1.33. The van der Waals surface area contributed by atoms with Gasteiger partial charge in [0.05, 0.1) is 5.56 Å². The first kappa shape index (κ1) is 15.1. The number of halogens is 1. The van der Waals surface area contributed by atoms with Gasteiger partial charge in [-0.1, -0.05) is 23.7 Å². The highest BCUT2D eigenvalue weighted by molar-refractivity contribution is 6.30. The third-order valence-electron chi connectivity index (χ3n) is 3.18. The number of rotatable bonds is 3. The molecule has 3 aromatic rings. The molecule has 0 bridgehead atoms. The number of benzene rings is 2. The maximum Gasteiger partial charge on any atom is 0.344 e. The van der Waals surface area contributed by atoms with Crippen molar-refractivity contribution in [2.45, 2.75) is 6.92 Å². The van der Waals surface area contributed by atoms with Crippen LogP contribution in [0.25, 0.3) is 22.1 Å². The summed E-state index contributed by atoms with van der Waals surface area (Å²) in [6, 6.07) is 13.6. The predicted octanol–water partition coefficient (Wildman–Crippen LogP) is 3.54. The van der Waals surface area contributed by atoms with E-state index in [0.29, 0.717) is 21.9 Å². The topological polar surface area (TPSA) is 68.5 Å². The van der Waals surface area contributed by atoms with Gasteiger partial charge >= 0.3 is 5.63 Å². The van der Waals surface area contributed by atoms with Crippen molar-refractivity contribution in [3.8, 4) is 16.9 Å². The minimum Gasteiger partial charge on any atom is -0.422 e. The molecule has 1 aromatic heterocycles. The van der Waals surface area contributed by atoms with Crippen LogP contribution in [-0.4, -0.2) is 5.91 Å². The number of fused-ring (bicyclic) bond motifs is 1. The van der Waals surface area contributed by atoms with Crippen LogP contribution in [0.4, 0.5) is 0 Å². The highest BCUT2D eigenvalue weighted by Crippen LogP contribution is 2.25. The third kappa shape index (κ3) is 3.35. The standard InChI is InChI=1S/C17H12ClNO4/c1-10(20)19-23-14-7-4-12-8-15(17(21)22-16(12)9-14)11-2-5-13(18)6-3-11/h2-9H,1H3,(H,19,20). The minimum absolute atomic E-state index is 0.329. The molecule has 0 spiro atoms. The van der Waals surface area contributed by atoms with Gasteiger partial charge in [0.2, 0.25) is 5.91 Å². The molecular formula is C17H12ClNO4. The second-order valence-electron chi connectivity index (χ2n) is 4.91. The van der Waals surface area contributed by atoms with Crippen molar-refractivity contribution in [2.24, 2.45) is 0 Å². The van der Waals surface area contributed by atoms with Gasteiger partial charge in [0, 0.05) is 23.4 Å². The number of nitrogens with one attached hydrogen (secondary N) is 1. The zero-order valence-corrected chi connectivity index (χ0v) is 12.9. The van der Waals surface area contributed by atoms with Crippen molar-refractivity contribution in [3.05, 3.63) is 64.0 Å². The van der Waals surface area contributed by atoms with Crippen LogP contribution < -0.4 is 15.9 Å². The smallest absolute Gasteiger partial charge is 0.344 e. The van der Waals surface area contributed by atoms with Crippen LogP contribution in [0.1, 0.15) is 6.92 Å². The summed E-state index contributed by atoms with van der Waals surface area (Å²) < 4.78 is 5.34. The highest BCUT2D eigenvalue weighted by Gasteiger charge is 2.09. The molecule has 0 saturated carbocycles. The second kappa shape index (κ2) is 6.14. The van der Waals surface area contributed by atoms with Crippen LogP contribution >= 0.6 is 11.6 Å². The van der Waals surface area contributed by atoms with Gasteiger partial charge in [-0.2, -0.15) is 5.48 Å². The van der Waals surface area contributed by atoms with E-state index in [-0.39, 0.29) is 5.91 Å². The molecule has 6 heteroatoms. The van der Waals surface area contributed by atoms with Crippen molar-refractivity contribution < 1.29 is 14.0 Å². The summed E-state index contributed by atoms with van der Waals surface area (Å²) in [5.41, 5.74) is 3.30. The van der Waals surface area contributed by atoms with Gasteiger partial charge in [-0.15, -0.1) is 0 Å². The number of hydrogen-bond donors (Lipinski definition) is 1. The Labute approximate surface area is 136 Å². The van der Waals surface area contributed by atoms with E-state index in [9.17, 15) is 9.59 Å². The Morgan fingerprint density at radius 2 is 1.87 bits per heavy atom. The molecule has 1 N–H and O–H groups in total. The van der Waals surface area contributed by atoms with Crippen molar-refractivity contribution in [2.75, 3.05) is 0 Å². The minimum atomic E-state index is -0.462. The molecule has 116 valence electrons. The molecule has 0 unspecified atom stereocenters. The molecule has 3 rings (SSSR count). The van der Waals surface area contributed by atoms with E-state index in [2.05, 4.69) is 5.48 Å². The molecular weight excluding hydrogens is 318 g/mol. The predicted molar refractivity (Wildman–Crippen MR) is 87.4 cm³/mol. The number of amides is 1. The summed E-state index contributed by atoms with van der Waals surface area (Å²) in [5, 5.41) is 1.34. The summed E-state index contributed by atoms with van der Waals surface area (Å²) in [5.74, 6) is 0.0414. The van der Waals surface area contributed by atoms with E-state index in [1.54, 1.807) is 42.5 Å². The van der Waals surface area contributed by atoms with Gasteiger partial charge in [0.15, 0.2) is 5.75 Å². The Kier molecular flexibility index (Phi) is 4.04. The Hall–Kier alpha value is -2.79. The molecule has 1 amide bonds. The van der Waals surface area contributed by atoms with Crippen LogP contribution in [0, 0.1) is 0 Å². The molecule has 5 nitrogen and oxygen atoms in total. The first-order chi connectivity index (χ1) is 11.0. The lowest BCUT2D eigenvalue weighted by molar-refractivity contribution is -0.125. The molecule has 0 aliphatic heterocycles.